The molecule has 1 aliphatic rings. The van der Waals surface area contributed by atoms with Gasteiger partial charge in [-0.2, -0.15) is 0 Å². The van der Waals surface area contributed by atoms with E-state index in [1.165, 1.54) is 26.4 Å². The molecule has 0 saturated heterocycles. The summed E-state index contributed by atoms with van der Waals surface area (Å²) in [7, 11) is 1.45. The van der Waals surface area contributed by atoms with Gasteiger partial charge in [-0.15, -0.1) is 0 Å². The lowest BCUT2D eigenvalue weighted by atomic mass is 10.1. The van der Waals surface area contributed by atoms with Gasteiger partial charge in [-0.25, -0.2) is 0 Å². The Bertz CT molecular complexity index is 462. The molecule has 0 bridgehead atoms. The zero-order chi connectivity index (χ0) is 13.8. The van der Waals surface area contributed by atoms with E-state index >= 15 is 0 Å². The van der Waals surface area contributed by atoms with Gasteiger partial charge in [0.25, 0.3) is 0 Å². The molecule has 0 aromatic heterocycles. The van der Waals surface area contributed by atoms with Crippen LogP contribution in [-0.2, 0) is 0 Å². The topological polar surface area (TPSA) is 64.4 Å². The predicted molar refractivity (Wildman–Crippen MR) is 74.6 cm³/mol. The lowest BCUT2D eigenvalue weighted by molar-refractivity contribution is -0.384. The van der Waals surface area contributed by atoms with Gasteiger partial charge in [0, 0.05) is 6.54 Å². The number of methoxy groups -OCH3 is 1. The van der Waals surface area contributed by atoms with Gasteiger partial charge in [0.15, 0.2) is 5.75 Å². The summed E-state index contributed by atoms with van der Waals surface area (Å²) in [5.74, 6) is 1.68. The van der Waals surface area contributed by atoms with Crippen molar-refractivity contribution < 1.29 is 9.66 Å². The molecule has 2 atom stereocenters. The summed E-state index contributed by atoms with van der Waals surface area (Å²) in [5.41, 5.74) is 0.569. The first kappa shape index (κ1) is 13.6. The summed E-state index contributed by atoms with van der Waals surface area (Å²) in [5, 5.41) is 14.3. The molecule has 104 valence electrons. The number of rotatable bonds is 5. The van der Waals surface area contributed by atoms with Crippen molar-refractivity contribution in [3.05, 3.63) is 28.3 Å². The highest BCUT2D eigenvalue weighted by Gasteiger charge is 2.24. The van der Waals surface area contributed by atoms with Crippen LogP contribution < -0.4 is 10.1 Å². The number of nitro benzene ring substituents is 1. The molecule has 0 heterocycles. The zero-order valence-corrected chi connectivity index (χ0v) is 11.4. The second kappa shape index (κ2) is 5.91. The number of ether oxygens (including phenoxy) is 1. The Labute approximate surface area is 113 Å². The minimum atomic E-state index is -0.390. The molecule has 2 rings (SSSR count). The van der Waals surface area contributed by atoms with Crippen molar-refractivity contribution in [2.75, 3.05) is 19.0 Å². The van der Waals surface area contributed by atoms with Crippen molar-refractivity contribution in [1.29, 1.82) is 0 Å². The number of nitrogens with one attached hydrogen (secondary N) is 1. The molecule has 5 nitrogen and oxygen atoms in total. The van der Waals surface area contributed by atoms with Crippen LogP contribution in [0, 0.1) is 22.0 Å². The van der Waals surface area contributed by atoms with E-state index in [0.717, 1.165) is 12.5 Å². The molecule has 1 fully saturated rings. The Morgan fingerprint density at radius 2 is 2.26 bits per heavy atom. The number of nitrogens with zero attached hydrogens (tertiary/aromatic N) is 1. The van der Waals surface area contributed by atoms with Crippen molar-refractivity contribution in [2.24, 2.45) is 11.8 Å². The maximum atomic E-state index is 11.1. The van der Waals surface area contributed by atoms with Crippen molar-refractivity contribution in [3.8, 4) is 5.75 Å². The van der Waals surface area contributed by atoms with E-state index in [0.29, 0.717) is 17.4 Å². The quantitative estimate of drug-likeness (QED) is 0.653. The number of para-hydroxylation sites is 1. The number of hydrogen-bond donors (Lipinski definition) is 1. The largest absolute Gasteiger partial charge is 0.490 e. The molecular formula is C14H20N2O3. The third-order valence-electron chi connectivity index (χ3n) is 3.79. The van der Waals surface area contributed by atoms with E-state index in [1.807, 2.05) is 0 Å². The van der Waals surface area contributed by atoms with Crippen LogP contribution >= 0.6 is 0 Å². The van der Waals surface area contributed by atoms with E-state index in [9.17, 15) is 10.1 Å². The van der Waals surface area contributed by atoms with Crippen LogP contribution in [0.15, 0.2) is 18.2 Å². The Morgan fingerprint density at radius 1 is 1.47 bits per heavy atom. The second-order valence-corrected chi connectivity index (χ2v) is 5.28. The van der Waals surface area contributed by atoms with Gasteiger partial charge in [0.2, 0.25) is 0 Å². The number of nitro groups is 1. The summed E-state index contributed by atoms with van der Waals surface area (Å²) < 4.78 is 5.05. The Balaban J connectivity index is 2.09. The van der Waals surface area contributed by atoms with Crippen LogP contribution in [0.3, 0.4) is 0 Å². The van der Waals surface area contributed by atoms with Gasteiger partial charge in [-0.1, -0.05) is 19.4 Å². The van der Waals surface area contributed by atoms with Gasteiger partial charge in [-0.3, -0.25) is 10.1 Å². The van der Waals surface area contributed by atoms with E-state index in [4.69, 9.17) is 4.74 Å². The van der Waals surface area contributed by atoms with Crippen LogP contribution in [-0.4, -0.2) is 18.6 Å². The number of hydrogen-bond acceptors (Lipinski definition) is 4. The second-order valence-electron chi connectivity index (χ2n) is 5.28. The van der Waals surface area contributed by atoms with Gasteiger partial charge in [0.1, 0.15) is 5.69 Å². The first-order chi connectivity index (χ1) is 9.11. The summed E-state index contributed by atoms with van der Waals surface area (Å²) in [4.78, 5) is 10.7. The minimum Gasteiger partial charge on any atom is -0.490 e. The molecule has 19 heavy (non-hydrogen) atoms. The molecule has 0 aliphatic heterocycles. The Morgan fingerprint density at radius 3 is 2.84 bits per heavy atom. The number of benzene rings is 1. The van der Waals surface area contributed by atoms with Crippen molar-refractivity contribution in [3.63, 3.8) is 0 Å². The monoisotopic (exact) mass is 264 g/mol. The third-order valence-corrected chi connectivity index (χ3v) is 3.79. The maximum Gasteiger partial charge on any atom is 0.333 e. The average Bonchev–Trinajstić information content (AvgIpc) is 2.81. The van der Waals surface area contributed by atoms with Crippen molar-refractivity contribution in [1.82, 2.24) is 0 Å². The lowest BCUT2D eigenvalue weighted by Gasteiger charge is -2.13. The molecule has 1 aromatic carbocycles. The normalized spacial score (nSPS) is 22.2. The molecule has 1 aliphatic carbocycles. The van der Waals surface area contributed by atoms with E-state index in [-0.39, 0.29) is 5.69 Å². The lowest BCUT2D eigenvalue weighted by Crippen LogP contribution is -2.12. The molecule has 1 N–H and O–H groups in total. The fourth-order valence-electron chi connectivity index (χ4n) is 2.78. The standard InChI is InChI=1S/C14H20N2O3/c1-10-6-7-11(8-10)9-15-12-4-3-5-13(19-2)14(12)16(17)18/h3-5,10-11,15H,6-9H2,1-2H3. The van der Waals surface area contributed by atoms with Crippen LogP contribution in [0.4, 0.5) is 11.4 Å². The van der Waals surface area contributed by atoms with E-state index < -0.39 is 4.92 Å². The Hall–Kier alpha value is -1.78. The third kappa shape index (κ3) is 3.16. The van der Waals surface area contributed by atoms with Gasteiger partial charge < -0.3 is 10.1 Å². The fourth-order valence-corrected chi connectivity index (χ4v) is 2.78. The molecule has 0 amide bonds. The highest BCUT2D eigenvalue weighted by molar-refractivity contribution is 5.68. The zero-order valence-electron chi connectivity index (χ0n) is 11.4. The smallest absolute Gasteiger partial charge is 0.333 e. The van der Waals surface area contributed by atoms with Gasteiger partial charge in [-0.05, 0) is 36.8 Å². The maximum absolute atomic E-state index is 11.1. The minimum absolute atomic E-state index is 0.0241. The van der Waals surface area contributed by atoms with Gasteiger partial charge >= 0.3 is 5.69 Å². The molecule has 2 unspecified atom stereocenters. The summed E-state index contributed by atoms with van der Waals surface area (Å²) in [6, 6.07) is 5.12. The molecular weight excluding hydrogens is 244 g/mol. The number of anilines is 1. The highest BCUT2D eigenvalue weighted by Crippen LogP contribution is 2.36. The first-order valence-electron chi connectivity index (χ1n) is 6.67. The van der Waals surface area contributed by atoms with Crippen LogP contribution in [0.25, 0.3) is 0 Å². The molecule has 1 aromatic rings. The van der Waals surface area contributed by atoms with Crippen molar-refractivity contribution in [2.45, 2.75) is 26.2 Å². The predicted octanol–water partition coefficient (Wildman–Crippen LogP) is 3.45. The average molecular weight is 264 g/mol. The van der Waals surface area contributed by atoms with Crippen LogP contribution in [0.2, 0.25) is 0 Å². The first-order valence-corrected chi connectivity index (χ1v) is 6.67. The summed E-state index contributed by atoms with van der Waals surface area (Å²) >= 11 is 0. The fraction of sp³-hybridized carbons (Fsp3) is 0.571. The van der Waals surface area contributed by atoms with E-state index in [2.05, 4.69) is 12.2 Å². The van der Waals surface area contributed by atoms with Crippen LogP contribution in [0.5, 0.6) is 5.75 Å². The summed E-state index contributed by atoms with van der Waals surface area (Å²) in [6.45, 7) is 3.05. The van der Waals surface area contributed by atoms with Crippen molar-refractivity contribution >= 4 is 11.4 Å². The van der Waals surface area contributed by atoms with E-state index in [1.54, 1.807) is 18.2 Å². The summed E-state index contributed by atoms with van der Waals surface area (Å²) in [6.07, 6.45) is 3.66. The molecule has 5 heteroatoms. The SMILES string of the molecule is COc1cccc(NCC2CCC(C)C2)c1[N+](=O)[O-]. The molecule has 0 radical (unpaired) electrons. The molecule has 1 saturated carbocycles. The van der Waals surface area contributed by atoms with Gasteiger partial charge in [0.05, 0.1) is 12.0 Å². The van der Waals surface area contributed by atoms with Crippen LogP contribution in [0.1, 0.15) is 26.2 Å². The highest BCUT2D eigenvalue weighted by atomic mass is 16.6. The Kier molecular flexibility index (Phi) is 4.24. The molecule has 0 spiro atoms.